The summed E-state index contributed by atoms with van der Waals surface area (Å²) in [5.41, 5.74) is 2.21. The van der Waals surface area contributed by atoms with Crippen LogP contribution in [0.4, 0.5) is 0 Å². The van der Waals surface area contributed by atoms with Crippen molar-refractivity contribution in [1.29, 1.82) is 5.26 Å². The molecule has 1 heterocycles. The lowest BCUT2D eigenvalue weighted by Gasteiger charge is -2.39. The molecule has 1 atom stereocenters. The number of thioether (sulfide) groups is 1. The van der Waals surface area contributed by atoms with E-state index in [1.807, 2.05) is 74.5 Å². The van der Waals surface area contributed by atoms with Gasteiger partial charge >= 0.3 is 0 Å². The van der Waals surface area contributed by atoms with Crippen LogP contribution in [0.2, 0.25) is 0 Å². The summed E-state index contributed by atoms with van der Waals surface area (Å²) in [6.07, 6.45) is 0. The normalized spacial score (nSPS) is 18.0. The zero-order chi connectivity index (χ0) is 17.1. The van der Waals surface area contributed by atoms with Crippen LogP contribution in [0.15, 0.2) is 66.2 Å². The van der Waals surface area contributed by atoms with E-state index in [4.69, 9.17) is 0 Å². The first kappa shape index (κ1) is 16.4. The third-order valence-electron chi connectivity index (χ3n) is 3.95. The highest BCUT2D eigenvalue weighted by Crippen LogP contribution is 2.48. The van der Waals surface area contributed by atoms with E-state index in [9.17, 15) is 10.1 Å². The lowest BCUT2D eigenvalue weighted by atomic mass is 10.1. The Hall–Kier alpha value is -2.51. The minimum atomic E-state index is -0.195. The van der Waals surface area contributed by atoms with E-state index < -0.39 is 0 Å². The summed E-state index contributed by atoms with van der Waals surface area (Å²) in [6.45, 7) is 3.97. The molecule has 0 fully saturated rings. The van der Waals surface area contributed by atoms with Crippen LogP contribution < -0.4 is 0 Å². The summed E-state index contributed by atoms with van der Waals surface area (Å²) in [7, 11) is 0. The number of nitrogens with zero attached hydrogens (tertiary/aromatic N) is 2. The smallest absolute Gasteiger partial charge is 0.267 e. The van der Waals surface area contributed by atoms with Gasteiger partial charge in [0.2, 0.25) is 0 Å². The van der Waals surface area contributed by atoms with Crippen molar-refractivity contribution in [3.8, 4) is 6.07 Å². The van der Waals surface area contributed by atoms with E-state index in [2.05, 4.69) is 6.07 Å². The minimum absolute atomic E-state index is 0.0101. The maximum atomic E-state index is 13.0. The van der Waals surface area contributed by atoms with E-state index in [-0.39, 0.29) is 22.9 Å². The summed E-state index contributed by atoms with van der Waals surface area (Å²) in [5.74, 6) is -0.195. The molecule has 0 unspecified atom stereocenters. The largest absolute Gasteiger partial charge is 0.319 e. The number of hydrogen-bond donors (Lipinski definition) is 0. The Bertz CT molecular complexity index is 807. The molecule has 2 aromatic rings. The topological polar surface area (TPSA) is 44.1 Å². The number of rotatable bonds is 3. The van der Waals surface area contributed by atoms with E-state index in [0.717, 1.165) is 16.0 Å². The second kappa shape index (κ2) is 6.94. The molecule has 0 aliphatic carbocycles. The van der Waals surface area contributed by atoms with Crippen molar-refractivity contribution >= 4 is 22.6 Å². The van der Waals surface area contributed by atoms with Crippen LogP contribution >= 0.6 is 11.8 Å². The van der Waals surface area contributed by atoms with Crippen LogP contribution in [0.5, 0.6) is 0 Å². The Morgan fingerprint density at radius 3 is 2.17 bits per heavy atom. The number of carbonyl (C=O) groups excluding carboxylic acids is 1. The summed E-state index contributed by atoms with van der Waals surface area (Å²) in [6, 6.07) is 21.8. The average Bonchev–Trinajstić information content (AvgIpc) is 2.62. The van der Waals surface area contributed by atoms with Crippen LogP contribution in [0.25, 0.3) is 4.91 Å². The van der Waals surface area contributed by atoms with Gasteiger partial charge in [-0.3, -0.25) is 4.79 Å². The number of hydrogen-bond acceptors (Lipinski definition) is 3. The highest BCUT2D eigenvalue weighted by atomic mass is 32.2. The minimum Gasteiger partial charge on any atom is -0.319 e. The van der Waals surface area contributed by atoms with Gasteiger partial charge in [-0.2, -0.15) is 5.26 Å². The maximum Gasteiger partial charge on any atom is 0.267 e. The van der Waals surface area contributed by atoms with E-state index >= 15 is 0 Å². The molecule has 3 nitrogen and oxygen atoms in total. The predicted octanol–water partition coefficient (Wildman–Crippen LogP) is 4.60. The van der Waals surface area contributed by atoms with Gasteiger partial charge < -0.3 is 4.90 Å². The van der Waals surface area contributed by atoms with Crippen molar-refractivity contribution in [2.24, 2.45) is 0 Å². The van der Waals surface area contributed by atoms with Crippen LogP contribution in [-0.2, 0) is 4.79 Å². The first-order valence-electron chi connectivity index (χ1n) is 7.87. The van der Waals surface area contributed by atoms with Gasteiger partial charge in [-0.1, -0.05) is 72.4 Å². The zero-order valence-corrected chi connectivity index (χ0v) is 14.5. The Morgan fingerprint density at radius 2 is 1.62 bits per heavy atom. The van der Waals surface area contributed by atoms with Crippen molar-refractivity contribution in [3.63, 3.8) is 0 Å². The monoisotopic (exact) mass is 334 g/mol. The second-order valence-corrected chi connectivity index (χ2v) is 6.96. The quantitative estimate of drug-likeness (QED) is 0.823. The summed E-state index contributed by atoms with van der Waals surface area (Å²) < 4.78 is 0. The molecule has 0 bridgehead atoms. The Balaban J connectivity index is 2.14. The molecule has 24 heavy (non-hydrogen) atoms. The van der Waals surface area contributed by atoms with E-state index in [1.165, 1.54) is 0 Å². The molecule has 3 rings (SSSR count). The van der Waals surface area contributed by atoms with E-state index in [0.29, 0.717) is 0 Å². The maximum absolute atomic E-state index is 13.0. The molecule has 120 valence electrons. The third kappa shape index (κ3) is 2.95. The Labute approximate surface area is 146 Å². The lowest BCUT2D eigenvalue weighted by Crippen LogP contribution is -2.42. The van der Waals surface area contributed by atoms with Crippen molar-refractivity contribution in [2.75, 3.05) is 0 Å². The standard InChI is InChI=1S/C20H18N2OS/c1-14(2)22-19(23)17(13-21)18(15-9-5-3-6-10-15)24-20(22)16-11-7-4-8-12-16/h3-12,14,20H,1-2H3/t20-/m0/s1. The van der Waals surface area contributed by atoms with E-state index in [1.54, 1.807) is 16.7 Å². The molecule has 0 saturated heterocycles. The number of nitriles is 1. The molecule has 0 saturated carbocycles. The molecule has 1 aliphatic heterocycles. The van der Waals surface area contributed by atoms with Crippen LogP contribution in [0.1, 0.15) is 30.3 Å². The number of carbonyl (C=O) groups is 1. The second-order valence-electron chi connectivity index (χ2n) is 5.87. The van der Waals surface area contributed by atoms with Gasteiger partial charge in [-0.15, -0.1) is 0 Å². The molecule has 0 radical (unpaired) electrons. The van der Waals surface area contributed by atoms with Gasteiger partial charge in [0.05, 0.1) is 0 Å². The highest BCUT2D eigenvalue weighted by molar-refractivity contribution is 8.08. The zero-order valence-electron chi connectivity index (χ0n) is 13.6. The first-order chi connectivity index (χ1) is 11.6. The van der Waals surface area contributed by atoms with Crippen molar-refractivity contribution < 1.29 is 4.79 Å². The first-order valence-corrected chi connectivity index (χ1v) is 8.75. The highest BCUT2D eigenvalue weighted by Gasteiger charge is 2.37. The summed E-state index contributed by atoms with van der Waals surface area (Å²) in [5, 5.41) is 9.45. The Morgan fingerprint density at radius 1 is 1.04 bits per heavy atom. The molecule has 4 heteroatoms. The fourth-order valence-electron chi connectivity index (χ4n) is 2.81. The van der Waals surface area contributed by atoms with Crippen LogP contribution in [-0.4, -0.2) is 16.8 Å². The number of amides is 1. The molecule has 0 aromatic heterocycles. The average molecular weight is 334 g/mol. The van der Waals surface area contributed by atoms with Crippen LogP contribution in [0, 0.1) is 11.3 Å². The fourth-order valence-corrected chi connectivity index (χ4v) is 4.30. The van der Waals surface area contributed by atoms with Crippen molar-refractivity contribution in [2.45, 2.75) is 25.3 Å². The summed E-state index contributed by atoms with van der Waals surface area (Å²) >= 11 is 1.57. The lowest BCUT2D eigenvalue weighted by molar-refractivity contribution is -0.129. The molecule has 0 N–H and O–H groups in total. The fraction of sp³-hybridized carbons (Fsp3) is 0.200. The van der Waals surface area contributed by atoms with Gasteiger partial charge in [-0.05, 0) is 25.0 Å². The van der Waals surface area contributed by atoms with Gasteiger partial charge in [0.1, 0.15) is 17.0 Å². The SMILES string of the molecule is CC(C)N1C(=O)C(C#N)=C(c2ccccc2)S[C@H]1c1ccccc1. The molecule has 0 spiro atoms. The molecule has 1 aliphatic rings. The molecular weight excluding hydrogens is 316 g/mol. The molecule has 1 amide bonds. The van der Waals surface area contributed by atoms with Gasteiger partial charge in [0.15, 0.2) is 0 Å². The van der Waals surface area contributed by atoms with Gasteiger partial charge in [-0.25, -0.2) is 0 Å². The molecular formula is C20H18N2OS. The summed E-state index contributed by atoms with van der Waals surface area (Å²) in [4.78, 5) is 15.6. The van der Waals surface area contributed by atoms with Crippen LogP contribution in [0.3, 0.4) is 0 Å². The molecule has 2 aromatic carbocycles. The Kier molecular flexibility index (Phi) is 4.73. The van der Waals surface area contributed by atoms with Crippen molar-refractivity contribution in [1.82, 2.24) is 4.90 Å². The number of benzene rings is 2. The van der Waals surface area contributed by atoms with Crippen molar-refractivity contribution in [3.05, 3.63) is 77.4 Å². The van der Waals surface area contributed by atoms with Gasteiger partial charge in [0.25, 0.3) is 5.91 Å². The van der Waals surface area contributed by atoms with Gasteiger partial charge in [0, 0.05) is 10.9 Å². The third-order valence-corrected chi connectivity index (χ3v) is 5.34. The predicted molar refractivity (Wildman–Crippen MR) is 97.7 cm³/mol.